The molecule has 0 aliphatic rings. The second-order valence-corrected chi connectivity index (χ2v) is 7.48. The van der Waals surface area contributed by atoms with Gasteiger partial charge in [-0.1, -0.05) is 31.5 Å². The molecule has 2 heterocycles. The topological polar surface area (TPSA) is 108 Å². The Labute approximate surface area is 180 Å². The van der Waals surface area contributed by atoms with Gasteiger partial charge in [-0.2, -0.15) is 10.2 Å². The molecule has 0 aliphatic carbocycles. The molecule has 9 nitrogen and oxygen atoms in total. The summed E-state index contributed by atoms with van der Waals surface area (Å²) in [6.45, 7) is 7.52. The van der Waals surface area contributed by atoms with Crippen LogP contribution in [0.5, 0.6) is 0 Å². The van der Waals surface area contributed by atoms with Gasteiger partial charge in [0, 0.05) is 19.0 Å². The van der Waals surface area contributed by atoms with Crippen molar-refractivity contribution in [2.24, 2.45) is 7.05 Å². The molecule has 0 bridgehead atoms. The van der Waals surface area contributed by atoms with Crippen molar-refractivity contribution in [1.82, 2.24) is 19.6 Å². The number of ether oxygens (including phenoxy) is 1. The summed E-state index contributed by atoms with van der Waals surface area (Å²) in [7, 11) is 1.78. The Morgan fingerprint density at radius 3 is 2.45 bits per heavy atom. The summed E-state index contributed by atoms with van der Waals surface area (Å²) in [6, 6.07) is 6.76. The van der Waals surface area contributed by atoms with Crippen LogP contribution in [0.4, 0.5) is 5.69 Å². The van der Waals surface area contributed by atoms with E-state index in [1.165, 1.54) is 11.6 Å². The maximum atomic E-state index is 12.9. The van der Waals surface area contributed by atoms with Gasteiger partial charge in [0.15, 0.2) is 11.8 Å². The van der Waals surface area contributed by atoms with E-state index in [2.05, 4.69) is 15.5 Å². The number of hydrogen-bond donors (Lipinski definition) is 1. The van der Waals surface area contributed by atoms with Gasteiger partial charge in [0.25, 0.3) is 11.5 Å². The number of aromatic nitrogens is 4. The van der Waals surface area contributed by atoms with E-state index in [9.17, 15) is 14.4 Å². The monoisotopic (exact) mass is 425 g/mol. The first kappa shape index (κ1) is 22.2. The van der Waals surface area contributed by atoms with Crippen LogP contribution in [0.25, 0.3) is 10.8 Å². The molecule has 0 saturated heterocycles. The summed E-state index contributed by atoms with van der Waals surface area (Å²) in [5.41, 5.74) is 1.81. The maximum Gasteiger partial charge on any atom is 0.360 e. The Balaban J connectivity index is 1.86. The first-order chi connectivity index (χ1) is 14.7. The molecule has 1 amide bonds. The van der Waals surface area contributed by atoms with Crippen LogP contribution in [0.15, 0.2) is 29.1 Å². The van der Waals surface area contributed by atoms with Crippen LogP contribution in [0.1, 0.15) is 48.6 Å². The van der Waals surface area contributed by atoms with Crippen LogP contribution in [-0.2, 0) is 23.1 Å². The number of hydrogen-bond acceptors (Lipinski definition) is 6. The summed E-state index contributed by atoms with van der Waals surface area (Å²) >= 11 is 0. The fourth-order valence-electron chi connectivity index (χ4n) is 3.29. The van der Waals surface area contributed by atoms with E-state index < -0.39 is 18.0 Å². The van der Waals surface area contributed by atoms with Crippen molar-refractivity contribution in [2.75, 3.05) is 5.32 Å². The Bertz CT molecular complexity index is 1190. The second-order valence-electron chi connectivity index (χ2n) is 7.48. The van der Waals surface area contributed by atoms with Crippen molar-refractivity contribution in [2.45, 2.75) is 53.2 Å². The molecular weight excluding hydrogens is 398 g/mol. The predicted molar refractivity (Wildman–Crippen MR) is 117 cm³/mol. The molecule has 1 N–H and O–H groups in total. The molecule has 31 heavy (non-hydrogen) atoms. The quantitative estimate of drug-likeness (QED) is 0.583. The van der Waals surface area contributed by atoms with E-state index >= 15 is 0 Å². The fourth-order valence-corrected chi connectivity index (χ4v) is 3.29. The third-order valence-corrected chi connectivity index (χ3v) is 5.19. The predicted octanol–water partition coefficient (Wildman–Crippen LogP) is 2.73. The molecule has 0 radical (unpaired) electrons. The minimum Gasteiger partial charge on any atom is -0.448 e. The number of fused-ring (bicyclic) bond motifs is 1. The van der Waals surface area contributed by atoms with Crippen LogP contribution in [0.3, 0.4) is 0 Å². The smallest absolute Gasteiger partial charge is 0.360 e. The van der Waals surface area contributed by atoms with Crippen molar-refractivity contribution in [3.05, 3.63) is 51.7 Å². The number of rotatable bonds is 7. The van der Waals surface area contributed by atoms with Crippen LogP contribution >= 0.6 is 0 Å². The lowest BCUT2D eigenvalue weighted by atomic mass is 10.1. The van der Waals surface area contributed by atoms with Gasteiger partial charge in [-0.15, -0.1) is 0 Å². The number of amides is 1. The summed E-state index contributed by atoms with van der Waals surface area (Å²) in [5, 5.41) is 12.1. The molecule has 2 aromatic heterocycles. The summed E-state index contributed by atoms with van der Waals surface area (Å²) < 4.78 is 8.36. The van der Waals surface area contributed by atoms with Gasteiger partial charge in [-0.25, -0.2) is 9.48 Å². The van der Waals surface area contributed by atoms with Crippen molar-refractivity contribution in [3.63, 3.8) is 0 Å². The molecule has 0 aliphatic heterocycles. The molecule has 0 fully saturated rings. The van der Waals surface area contributed by atoms with E-state index in [1.54, 1.807) is 42.9 Å². The Hall–Kier alpha value is -3.49. The summed E-state index contributed by atoms with van der Waals surface area (Å²) in [4.78, 5) is 38.2. The maximum absolute atomic E-state index is 12.9. The number of carbonyl (C=O) groups excluding carboxylic acids is 2. The molecule has 3 aromatic rings. The van der Waals surface area contributed by atoms with E-state index in [1.807, 2.05) is 13.8 Å². The SMILES string of the molecule is CCCCn1nc(C(=O)O[C@H](C)C(=O)Nc2c(C)nn(C)c2C)c2ccccc2c1=O. The normalized spacial score (nSPS) is 12.0. The van der Waals surface area contributed by atoms with Gasteiger partial charge in [0.05, 0.1) is 22.5 Å². The zero-order valence-electron chi connectivity index (χ0n) is 18.4. The molecule has 1 atom stereocenters. The molecule has 0 spiro atoms. The molecule has 9 heteroatoms. The lowest BCUT2D eigenvalue weighted by molar-refractivity contribution is -0.123. The van der Waals surface area contributed by atoms with Crippen LogP contribution < -0.4 is 10.9 Å². The van der Waals surface area contributed by atoms with Crippen molar-refractivity contribution in [1.29, 1.82) is 0 Å². The van der Waals surface area contributed by atoms with E-state index in [0.29, 0.717) is 28.7 Å². The average molecular weight is 425 g/mol. The first-order valence-electron chi connectivity index (χ1n) is 10.3. The Morgan fingerprint density at radius 1 is 1.16 bits per heavy atom. The lowest BCUT2D eigenvalue weighted by Gasteiger charge is -2.15. The number of aryl methyl sites for hydroxylation is 3. The summed E-state index contributed by atoms with van der Waals surface area (Å²) in [6.07, 6.45) is 0.566. The molecule has 0 unspecified atom stereocenters. The number of anilines is 1. The summed E-state index contributed by atoms with van der Waals surface area (Å²) in [5.74, 6) is -1.24. The Morgan fingerprint density at radius 2 is 1.84 bits per heavy atom. The highest BCUT2D eigenvalue weighted by Crippen LogP contribution is 2.19. The largest absolute Gasteiger partial charge is 0.448 e. The van der Waals surface area contributed by atoms with E-state index in [0.717, 1.165) is 18.5 Å². The van der Waals surface area contributed by atoms with Crippen LogP contribution in [-0.4, -0.2) is 37.5 Å². The highest BCUT2D eigenvalue weighted by molar-refractivity contribution is 6.03. The number of benzene rings is 1. The molecule has 3 rings (SSSR count). The zero-order chi connectivity index (χ0) is 22.7. The second kappa shape index (κ2) is 9.11. The minimum absolute atomic E-state index is 0.0136. The average Bonchev–Trinajstić information content (AvgIpc) is 2.99. The van der Waals surface area contributed by atoms with Gasteiger partial charge in [0.1, 0.15) is 0 Å². The highest BCUT2D eigenvalue weighted by atomic mass is 16.5. The molecule has 164 valence electrons. The van der Waals surface area contributed by atoms with E-state index in [4.69, 9.17) is 4.74 Å². The highest BCUT2D eigenvalue weighted by Gasteiger charge is 2.24. The number of esters is 1. The first-order valence-corrected chi connectivity index (χ1v) is 10.3. The van der Waals surface area contributed by atoms with Crippen molar-refractivity contribution in [3.8, 4) is 0 Å². The minimum atomic E-state index is -1.07. The molecular formula is C22H27N5O4. The van der Waals surface area contributed by atoms with Crippen LogP contribution in [0.2, 0.25) is 0 Å². The van der Waals surface area contributed by atoms with Crippen molar-refractivity contribution < 1.29 is 14.3 Å². The van der Waals surface area contributed by atoms with Gasteiger partial charge in [-0.05, 0) is 33.3 Å². The third-order valence-electron chi connectivity index (χ3n) is 5.19. The van der Waals surface area contributed by atoms with Gasteiger partial charge in [0.2, 0.25) is 0 Å². The zero-order valence-corrected chi connectivity index (χ0v) is 18.4. The Kier molecular flexibility index (Phi) is 6.53. The van der Waals surface area contributed by atoms with Crippen LogP contribution in [0, 0.1) is 13.8 Å². The number of nitrogens with one attached hydrogen (secondary N) is 1. The van der Waals surface area contributed by atoms with Gasteiger partial charge >= 0.3 is 5.97 Å². The van der Waals surface area contributed by atoms with Gasteiger partial charge in [-0.3, -0.25) is 14.3 Å². The third kappa shape index (κ3) is 4.50. The molecule has 0 saturated carbocycles. The number of unbranched alkanes of at least 4 members (excludes halogenated alkanes) is 1. The lowest BCUT2D eigenvalue weighted by Crippen LogP contribution is -2.32. The fraction of sp³-hybridized carbons (Fsp3) is 0.409. The number of carbonyl (C=O) groups is 2. The van der Waals surface area contributed by atoms with E-state index in [-0.39, 0.29) is 11.3 Å². The number of nitrogens with zero attached hydrogens (tertiary/aromatic N) is 4. The van der Waals surface area contributed by atoms with Gasteiger partial charge < -0.3 is 10.1 Å². The standard InChI is InChI=1S/C22H27N5O4/c1-6-7-12-27-21(29)17-11-9-8-10-16(17)19(25-27)22(30)31-15(4)20(28)23-18-13(2)24-26(5)14(18)3/h8-11,15H,6-7,12H2,1-5H3,(H,23,28)/t15-/m1/s1. The molecule has 1 aromatic carbocycles. The van der Waals surface area contributed by atoms with Crippen molar-refractivity contribution >= 4 is 28.3 Å².